The second-order valence-corrected chi connectivity index (χ2v) is 6.63. The van der Waals surface area contributed by atoms with Gasteiger partial charge in [-0.2, -0.15) is 0 Å². The number of aromatic nitrogens is 1. The molecular formula is C17H25N3O2. The molecule has 0 radical (unpaired) electrons. The Morgan fingerprint density at radius 3 is 2.86 bits per heavy atom. The van der Waals surface area contributed by atoms with Crippen LogP contribution >= 0.6 is 0 Å². The largest absolute Gasteiger partial charge is 0.378 e. The minimum atomic E-state index is -0.115. The van der Waals surface area contributed by atoms with Crippen LogP contribution in [-0.2, 0) is 9.53 Å². The SMILES string of the molecule is Cc1cc(N(C)C)cc(C2CN(C(=O)CC3CC3)CCO2)n1. The number of aryl methyl sites for hydroxylation is 1. The van der Waals surface area contributed by atoms with Crippen LogP contribution in [0, 0.1) is 12.8 Å². The van der Waals surface area contributed by atoms with Gasteiger partial charge in [0, 0.05) is 38.4 Å². The van der Waals surface area contributed by atoms with E-state index in [-0.39, 0.29) is 12.0 Å². The van der Waals surface area contributed by atoms with Crippen LogP contribution in [0.4, 0.5) is 5.69 Å². The summed E-state index contributed by atoms with van der Waals surface area (Å²) in [5.41, 5.74) is 3.02. The van der Waals surface area contributed by atoms with Crippen LogP contribution < -0.4 is 4.90 Å². The molecular weight excluding hydrogens is 278 g/mol. The molecule has 5 heteroatoms. The van der Waals surface area contributed by atoms with Gasteiger partial charge in [0.1, 0.15) is 6.10 Å². The number of pyridine rings is 1. The highest BCUT2D eigenvalue weighted by atomic mass is 16.5. The Hall–Kier alpha value is -1.62. The summed E-state index contributed by atoms with van der Waals surface area (Å²) in [5.74, 6) is 0.905. The predicted molar refractivity (Wildman–Crippen MR) is 85.9 cm³/mol. The lowest BCUT2D eigenvalue weighted by Gasteiger charge is -2.33. The molecule has 1 aromatic heterocycles. The van der Waals surface area contributed by atoms with Crippen LogP contribution in [0.5, 0.6) is 0 Å². The molecule has 1 saturated heterocycles. The van der Waals surface area contributed by atoms with Crippen LogP contribution in [0.15, 0.2) is 12.1 Å². The maximum absolute atomic E-state index is 12.3. The molecule has 1 aliphatic carbocycles. The van der Waals surface area contributed by atoms with Crippen molar-refractivity contribution in [2.75, 3.05) is 38.7 Å². The summed E-state index contributed by atoms with van der Waals surface area (Å²) in [6.07, 6.45) is 3.02. The molecule has 2 aliphatic rings. The van der Waals surface area contributed by atoms with Gasteiger partial charge in [-0.15, -0.1) is 0 Å². The number of hydrogen-bond acceptors (Lipinski definition) is 4. The van der Waals surface area contributed by atoms with Gasteiger partial charge in [-0.05, 0) is 37.8 Å². The Balaban J connectivity index is 1.72. The highest BCUT2D eigenvalue weighted by Gasteiger charge is 2.31. The molecule has 120 valence electrons. The van der Waals surface area contributed by atoms with Crippen molar-refractivity contribution in [2.24, 2.45) is 5.92 Å². The number of anilines is 1. The van der Waals surface area contributed by atoms with E-state index < -0.39 is 0 Å². The van der Waals surface area contributed by atoms with Crippen LogP contribution in [-0.4, -0.2) is 49.6 Å². The normalized spacial score (nSPS) is 21.8. The first-order valence-electron chi connectivity index (χ1n) is 8.08. The lowest BCUT2D eigenvalue weighted by molar-refractivity contribution is -0.139. The van der Waals surface area contributed by atoms with E-state index in [9.17, 15) is 4.79 Å². The molecule has 3 rings (SSSR count). The van der Waals surface area contributed by atoms with Gasteiger partial charge >= 0.3 is 0 Å². The number of carbonyl (C=O) groups excluding carboxylic acids is 1. The molecule has 5 nitrogen and oxygen atoms in total. The van der Waals surface area contributed by atoms with E-state index in [0.717, 1.165) is 17.1 Å². The van der Waals surface area contributed by atoms with Gasteiger partial charge in [-0.1, -0.05) is 0 Å². The standard InChI is InChI=1S/C17H25N3O2/c1-12-8-14(19(2)3)10-15(18-12)16-11-20(6-7-22-16)17(21)9-13-4-5-13/h8,10,13,16H,4-7,9,11H2,1-3H3. The molecule has 2 fully saturated rings. The maximum Gasteiger partial charge on any atom is 0.223 e. The van der Waals surface area contributed by atoms with Crippen molar-refractivity contribution < 1.29 is 9.53 Å². The van der Waals surface area contributed by atoms with Gasteiger partial charge in [0.2, 0.25) is 5.91 Å². The summed E-state index contributed by atoms with van der Waals surface area (Å²) >= 11 is 0. The van der Waals surface area contributed by atoms with Crippen LogP contribution in [0.2, 0.25) is 0 Å². The second-order valence-electron chi connectivity index (χ2n) is 6.63. The second kappa shape index (κ2) is 6.24. The van der Waals surface area contributed by atoms with E-state index in [0.29, 0.717) is 32.0 Å². The maximum atomic E-state index is 12.3. The van der Waals surface area contributed by atoms with Crippen LogP contribution in [0.3, 0.4) is 0 Å². The van der Waals surface area contributed by atoms with E-state index in [2.05, 4.69) is 22.0 Å². The van der Waals surface area contributed by atoms with Gasteiger partial charge in [0.05, 0.1) is 18.8 Å². The van der Waals surface area contributed by atoms with E-state index in [1.165, 1.54) is 12.8 Å². The minimum Gasteiger partial charge on any atom is -0.378 e. The molecule has 1 aromatic rings. The zero-order valence-electron chi connectivity index (χ0n) is 13.7. The van der Waals surface area contributed by atoms with Crippen LogP contribution in [0.1, 0.15) is 36.8 Å². The number of morpholine rings is 1. The van der Waals surface area contributed by atoms with Crippen LogP contribution in [0.25, 0.3) is 0 Å². The summed E-state index contributed by atoms with van der Waals surface area (Å²) in [5, 5.41) is 0. The van der Waals surface area contributed by atoms with Crippen molar-refractivity contribution >= 4 is 11.6 Å². The first-order valence-corrected chi connectivity index (χ1v) is 8.08. The van der Waals surface area contributed by atoms with E-state index in [4.69, 9.17) is 4.74 Å². The molecule has 1 saturated carbocycles. The monoisotopic (exact) mass is 303 g/mol. The van der Waals surface area contributed by atoms with Gasteiger partial charge in [0.15, 0.2) is 0 Å². The predicted octanol–water partition coefficient (Wildman–Crippen LogP) is 2.16. The molecule has 0 bridgehead atoms. The summed E-state index contributed by atoms with van der Waals surface area (Å²) in [7, 11) is 4.04. The van der Waals surface area contributed by atoms with Crippen molar-refractivity contribution in [3.05, 3.63) is 23.5 Å². The lowest BCUT2D eigenvalue weighted by atomic mass is 10.1. The summed E-state index contributed by atoms with van der Waals surface area (Å²) in [4.78, 5) is 20.9. The van der Waals surface area contributed by atoms with Gasteiger partial charge in [0.25, 0.3) is 0 Å². The first-order chi connectivity index (χ1) is 10.5. The Kier molecular flexibility index (Phi) is 4.34. The molecule has 0 spiro atoms. The van der Waals surface area contributed by atoms with E-state index in [1.54, 1.807) is 0 Å². The fourth-order valence-electron chi connectivity index (χ4n) is 2.85. The van der Waals surface area contributed by atoms with Crippen molar-refractivity contribution in [3.63, 3.8) is 0 Å². The number of nitrogens with zero attached hydrogens (tertiary/aromatic N) is 3. The Morgan fingerprint density at radius 2 is 2.18 bits per heavy atom. The number of ether oxygens (including phenoxy) is 1. The average Bonchev–Trinajstić information content (AvgIpc) is 3.30. The zero-order valence-corrected chi connectivity index (χ0v) is 13.7. The number of rotatable bonds is 4. The Bertz CT molecular complexity index is 555. The summed E-state index contributed by atoms with van der Waals surface area (Å²) < 4.78 is 5.88. The molecule has 2 heterocycles. The first kappa shape index (κ1) is 15.3. The zero-order chi connectivity index (χ0) is 15.7. The van der Waals surface area contributed by atoms with Crippen molar-refractivity contribution in [1.82, 2.24) is 9.88 Å². The minimum absolute atomic E-state index is 0.115. The Morgan fingerprint density at radius 1 is 1.41 bits per heavy atom. The van der Waals surface area contributed by atoms with Crippen molar-refractivity contribution in [2.45, 2.75) is 32.3 Å². The highest BCUT2D eigenvalue weighted by Crippen LogP contribution is 2.33. The van der Waals surface area contributed by atoms with Gasteiger partial charge < -0.3 is 14.5 Å². The van der Waals surface area contributed by atoms with E-state index in [1.807, 2.05) is 25.9 Å². The molecule has 0 aromatic carbocycles. The third-order valence-electron chi connectivity index (χ3n) is 4.38. The van der Waals surface area contributed by atoms with Gasteiger partial charge in [-0.25, -0.2) is 0 Å². The lowest BCUT2D eigenvalue weighted by Crippen LogP contribution is -2.42. The molecule has 1 aliphatic heterocycles. The quantitative estimate of drug-likeness (QED) is 0.855. The molecule has 1 atom stereocenters. The molecule has 22 heavy (non-hydrogen) atoms. The molecule has 1 amide bonds. The van der Waals surface area contributed by atoms with Crippen molar-refractivity contribution in [3.8, 4) is 0 Å². The number of hydrogen-bond donors (Lipinski definition) is 0. The smallest absolute Gasteiger partial charge is 0.223 e. The van der Waals surface area contributed by atoms with E-state index >= 15 is 0 Å². The van der Waals surface area contributed by atoms with Crippen molar-refractivity contribution in [1.29, 1.82) is 0 Å². The number of amides is 1. The summed E-state index contributed by atoms with van der Waals surface area (Å²) in [6, 6.07) is 4.12. The summed E-state index contributed by atoms with van der Waals surface area (Å²) in [6.45, 7) is 3.91. The Labute approximate surface area is 132 Å². The third kappa shape index (κ3) is 3.58. The fraction of sp³-hybridized carbons (Fsp3) is 0.647. The molecule has 0 N–H and O–H groups in total. The molecule has 1 unspecified atom stereocenters. The van der Waals surface area contributed by atoms with Gasteiger partial charge in [-0.3, -0.25) is 9.78 Å². The third-order valence-corrected chi connectivity index (χ3v) is 4.38. The fourth-order valence-corrected chi connectivity index (χ4v) is 2.85. The average molecular weight is 303 g/mol. The number of carbonyl (C=O) groups is 1. The highest BCUT2D eigenvalue weighted by molar-refractivity contribution is 5.76. The topological polar surface area (TPSA) is 45.7 Å².